The molecule has 3 rings (SSSR count). The fraction of sp³-hybridized carbons (Fsp3) is 0.700. The second kappa shape index (κ2) is 8.19. The van der Waals surface area contributed by atoms with E-state index < -0.39 is 0 Å². The molecule has 0 amide bonds. The molecule has 0 spiro atoms. The van der Waals surface area contributed by atoms with Crippen LogP contribution in [-0.4, -0.2) is 51.4 Å². The van der Waals surface area contributed by atoms with Crippen molar-refractivity contribution in [3.8, 4) is 0 Å². The van der Waals surface area contributed by atoms with Crippen LogP contribution in [0.15, 0.2) is 25.3 Å². The zero-order chi connectivity index (χ0) is 18.9. The number of aliphatic hydroxyl groups excluding tert-OH is 1. The van der Waals surface area contributed by atoms with Crippen LogP contribution < -0.4 is 0 Å². The summed E-state index contributed by atoms with van der Waals surface area (Å²) in [5.41, 5.74) is 0.962. The molecule has 140 valence electrons. The van der Waals surface area contributed by atoms with E-state index in [1.165, 1.54) is 11.8 Å². The first-order chi connectivity index (χ1) is 11.9. The summed E-state index contributed by atoms with van der Waals surface area (Å²) in [7, 11) is 0. The smallest absolute Gasteiger partial charge is 0.207 e. The molecule has 5 heteroatoms. The first-order valence-electron chi connectivity index (χ1n) is 9.23. The maximum atomic E-state index is 12.9. The average molecular weight is 366 g/mol. The molecule has 1 N–H and O–H groups in total. The molecule has 2 saturated carbocycles. The van der Waals surface area contributed by atoms with Crippen molar-refractivity contribution < 1.29 is 14.7 Å². The van der Waals surface area contributed by atoms with E-state index in [1.54, 1.807) is 0 Å². The van der Waals surface area contributed by atoms with E-state index in [1.807, 2.05) is 13.8 Å². The van der Waals surface area contributed by atoms with Gasteiger partial charge in [-0.15, -0.1) is 13.2 Å². The third kappa shape index (κ3) is 3.38. The van der Waals surface area contributed by atoms with Crippen molar-refractivity contribution in [3.05, 3.63) is 25.3 Å². The number of thioether (sulfide) groups is 1. The van der Waals surface area contributed by atoms with Crippen LogP contribution in [0.1, 0.15) is 33.6 Å². The van der Waals surface area contributed by atoms with Crippen molar-refractivity contribution in [2.75, 3.05) is 13.1 Å². The number of carbonyl (C=O) groups is 2. The number of hydrogen-bond acceptors (Lipinski definition) is 5. The monoisotopic (exact) mass is 365 g/mol. The highest BCUT2D eigenvalue weighted by Gasteiger charge is 2.58. The Morgan fingerprint density at radius 2 is 1.84 bits per heavy atom. The Morgan fingerprint density at radius 1 is 1.24 bits per heavy atom. The van der Waals surface area contributed by atoms with Crippen LogP contribution in [0.2, 0.25) is 0 Å². The molecule has 7 unspecified atom stereocenters. The van der Waals surface area contributed by atoms with E-state index in [0.29, 0.717) is 12.8 Å². The highest BCUT2D eigenvalue weighted by Crippen LogP contribution is 2.55. The third-order valence-electron chi connectivity index (χ3n) is 6.24. The molecule has 0 bridgehead atoms. The Kier molecular flexibility index (Phi) is 6.68. The summed E-state index contributed by atoms with van der Waals surface area (Å²) in [5, 5.41) is 10.5. The molecule has 7 atom stereocenters. The average Bonchev–Trinajstić information content (AvgIpc) is 3.05. The van der Waals surface area contributed by atoms with Gasteiger partial charge < -0.3 is 5.11 Å². The van der Waals surface area contributed by atoms with Crippen molar-refractivity contribution in [3.63, 3.8) is 0 Å². The minimum atomic E-state index is -0.348. The molecule has 0 aromatic carbocycles. The van der Waals surface area contributed by atoms with E-state index in [-0.39, 0.29) is 52.0 Å². The molecular formula is C20H31NO3S. The lowest BCUT2D eigenvalue weighted by Crippen LogP contribution is -2.47. The zero-order valence-electron chi connectivity index (χ0n) is 15.6. The maximum Gasteiger partial charge on any atom is 0.207 e. The molecule has 3 aliphatic rings. The number of Topliss-reactive ketones (excluding diaryl/α,β-unsaturated/α-hetero) is 1. The highest BCUT2D eigenvalue weighted by molar-refractivity contribution is 8.14. The largest absolute Gasteiger partial charge is 0.393 e. The molecule has 1 aliphatic heterocycles. The molecule has 2 aliphatic carbocycles. The van der Waals surface area contributed by atoms with Gasteiger partial charge in [-0.1, -0.05) is 44.7 Å². The van der Waals surface area contributed by atoms with Gasteiger partial charge in [0.25, 0.3) is 0 Å². The normalized spacial score (nSPS) is 40.4. The van der Waals surface area contributed by atoms with Gasteiger partial charge in [0.05, 0.1) is 18.1 Å². The summed E-state index contributed by atoms with van der Waals surface area (Å²) in [6.07, 6.45) is 0.706. The molecule has 4 nitrogen and oxygen atoms in total. The van der Waals surface area contributed by atoms with Crippen molar-refractivity contribution >= 4 is 22.7 Å². The van der Waals surface area contributed by atoms with Crippen molar-refractivity contribution in [2.24, 2.45) is 23.7 Å². The van der Waals surface area contributed by atoms with Crippen LogP contribution in [0.4, 0.5) is 0 Å². The van der Waals surface area contributed by atoms with Gasteiger partial charge in [-0.2, -0.15) is 0 Å². The molecular weight excluding hydrogens is 334 g/mol. The Labute approximate surface area is 155 Å². The van der Waals surface area contributed by atoms with Gasteiger partial charge in [0.1, 0.15) is 5.78 Å². The Morgan fingerprint density at radius 3 is 2.40 bits per heavy atom. The first-order valence-corrected chi connectivity index (χ1v) is 10.1. The quantitative estimate of drug-likeness (QED) is 0.780. The molecule has 0 aromatic rings. The maximum absolute atomic E-state index is 12.9. The van der Waals surface area contributed by atoms with Crippen LogP contribution in [0.3, 0.4) is 0 Å². The number of fused-ring (bicyclic) bond motifs is 3. The Balaban J connectivity index is 0.00000109. The molecule has 3 fully saturated rings. The second-order valence-electron chi connectivity index (χ2n) is 7.24. The fourth-order valence-electron chi connectivity index (χ4n) is 4.97. The van der Waals surface area contributed by atoms with Gasteiger partial charge in [-0.3, -0.25) is 14.5 Å². The van der Waals surface area contributed by atoms with Crippen LogP contribution in [0, 0.1) is 23.7 Å². The molecule has 0 aromatic heterocycles. The lowest BCUT2D eigenvalue weighted by atomic mass is 9.80. The lowest BCUT2D eigenvalue weighted by Gasteiger charge is -2.32. The summed E-state index contributed by atoms with van der Waals surface area (Å²) in [4.78, 5) is 27.7. The minimum Gasteiger partial charge on any atom is -0.393 e. The molecule has 1 heterocycles. The summed E-state index contributed by atoms with van der Waals surface area (Å²) >= 11 is 1.36. The third-order valence-corrected chi connectivity index (χ3v) is 7.60. The van der Waals surface area contributed by atoms with E-state index in [4.69, 9.17) is 0 Å². The lowest BCUT2D eigenvalue weighted by molar-refractivity contribution is -0.128. The van der Waals surface area contributed by atoms with Gasteiger partial charge >= 0.3 is 0 Å². The van der Waals surface area contributed by atoms with Crippen LogP contribution >= 0.6 is 11.8 Å². The minimum absolute atomic E-state index is 0.00278. The van der Waals surface area contributed by atoms with Crippen molar-refractivity contribution in [2.45, 2.75) is 51.0 Å². The molecule has 1 saturated heterocycles. The van der Waals surface area contributed by atoms with E-state index >= 15 is 0 Å². The Hall–Kier alpha value is -0.910. The summed E-state index contributed by atoms with van der Waals surface area (Å²) in [6.45, 7) is 17.8. The van der Waals surface area contributed by atoms with Crippen LogP contribution in [0.5, 0.6) is 0 Å². The summed E-state index contributed by atoms with van der Waals surface area (Å²) < 4.78 is 0. The zero-order valence-corrected chi connectivity index (χ0v) is 16.4. The number of aliphatic hydroxyl groups is 1. The number of carbonyl (C=O) groups excluding carboxylic acids is 2. The molecule has 25 heavy (non-hydrogen) atoms. The van der Waals surface area contributed by atoms with Crippen LogP contribution in [-0.2, 0) is 9.59 Å². The van der Waals surface area contributed by atoms with Gasteiger partial charge in [0, 0.05) is 11.7 Å². The SMILES string of the molecule is C=C.C=C1CC(=O)C2C(SC(=O)C2N(CC)CC)C2C1CC(O)C2C. The van der Waals surface area contributed by atoms with Gasteiger partial charge in [0.15, 0.2) is 0 Å². The topological polar surface area (TPSA) is 57.6 Å². The predicted octanol–water partition coefficient (Wildman–Crippen LogP) is 2.92. The number of ketones is 1. The number of nitrogens with zero attached hydrogens (tertiary/aromatic N) is 1. The number of rotatable bonds is 3. The van der Waals surface area contributed by atoms with Crippen molar-refractivity contribution in [1.29, 1.82) is 0 Å². The highest BCUT2D eigenvalue weighted by atomic mass is 32.2. The molecule has 0 radical (unpaired) electrons. The number of allylic oxidation sites excluding steroid dienone is 1. The van der Waals surface area contributed by atoms with E-state index in [2.05, 4.69) is 31.6 Å². The van der Waals surface area contributed by atoms with Crippen LogP contribution in [0.25, 0.3) is 0 Å². The van der Waals surface area contributed by atoms with E-state index in [9.17, 15) is 14.7 Å². The van der Waals surface area contributed by atoms with Gasteiger partial charge in [-0.25, -0.2) is 0 Å². The Bertz CT molecular complexity index is 545. The van der Waals surface area contributed by atoms with Gasteiger partial charge in [-0.05, 0) is 37.3 Å². The fourth-order valence-corrected chi connectivity index (χ4v) is 6.71. The number of hydrogen-bond donors (Lipinski definition) is 1. The number of likely N-dealkylation sites (N-methyl/N-ethyl adjacent to an activating group) is 1. The van der Waals surface area contributed by atoms with Gasteiger partial charge in [0.2, 0.25) is 5.12 Å². The summed E-state index contributed by atoms with van der Waals surface area (Å²) in [5.74, 6) is 0.405. The first kappa shape index (κ1) is 20.4. The second-order valence-corrected chi connectivity index (χ2v) is 8.42. The standard InChI is InChI=1S/C18H27NO3S.C2H4/c1-5-19(6-2)16-15-13(21)7-9(3)11-8-12(20)10(4)14(11)17(15)23-18(16)22;1-2/h10-12,14-17,20H,3,5-8H2,1-2,4H3;1-2H2. The predicted molar refractivity (Wildman–Crippen MR) is 103 cm³/mol. The van der Waals surface area contributed by atoms with Crippen molar-refractivity contribution in [1.82, 2.24) is 4.90 Å². The summed E-state index contributed by atoms with van der Waals surface area (Å²) in [6, 6.07) is -0.302. The van der Waals surface area contributed by atoms with E-state index in [0.717, 1.165) is 18.7 Å².